The fourth-order valence-corrected chi connectivity index (χ4v) is 5.21. The van der Waals surface area contributed by atoms with Crippen molar-refractivity contribution >= 4 is 47.1 Å². The van der Waals surface area contributed by atoms with Crippen LogP contribution >= 0.6 is 11.8 Å². The van der Waals surface area contributed by atoms with Gasteiger partial charge in [-0.3, -0.25) is 25.0 Å². The average molecular weight is 539 g/mol. The number of nitro groups is 1. The van der Waals surface area contributed by atoms with E-state index in [0.29, 0.717) is 11.3 Å². The van der Waals surface area contributed by atoms with Crippen LogP contribution < -0.4 is 10.2 Å². The molecule has 3 aromatic carbocycles. The Bertz CT molecular complexity index is 1640. The SMILES string of the molecule is Cc1cc(/C=C2\C(=O)NC(=O)N(c3ccccc3)C2=O)c(C)n1-c1ccc(Sc2ccc([N+](=O)[O-])cc2)cc1. The van der Waals surface area contributed by atoms with Gasteiger partial charge < -0.3 is 4.57 Å². The van der Waals surface area contributed by atoms with Crippen molar-refractivity contribution in [1.29, 1.82) is 0 Å². The molecule has 194 valence electrons. The molecule has 1 aliphatic heterocycles. The van der Waals surface area contributed by atoms with E-state index in [1.54, 1.807) is 42.5 Å². The molecule has 0 radical (unpaired) electrons. The minimum Gasteiger partial charge on any atom is -0.318 e. The van der Waals surface area contributed by atoms with Gasteiger partial charge in [0.05, 0.1) is 10.6 Å². The number of non-ortho nitro benzene ring substituents is 1. The van der Waals surface area contributed by atoms with Gasteiger partial charge in [0.2, 0.25) is 0 Å². The molecule has 0 unspecified atom stereocenters. The lowest BCUT2D eigenvalue weighted by Gasteiger charge is -2.26. The van der Waals surface area contributed by atoms with E-state index in [1.165, 1.54) is 30.0 Å². The summed E-state index contributed by atoms with van der Waals surface area (Å²) >= 11 is 1.49. The minimum atomic E-state index is -0.787. The maximum Gasteiger partial charge on any atom is 0.335 e. The number of anilines is 1. The number of benzene rings is 3. The number of nitro benzene ring substituents is 1. The smallest absolute Gasteiger partial charge is 0.318 e. The quantitative estimate of drug-likeness (QED) is 0.143. The summed E-state index contributed by atoms with van der Waals surface area (Å²) in [6, 6.07) is 23.7. The number of carbonyl (C=O) groups excluding carboxylic acids is 3. The molecule has 1 aromatic heterocycles. The summed E-state index contributed by atoms with van der Waals surface area (Å²) in [6.45, 7) is 3.82. The number of barbiturate groups is 1. The van der Waals surface area contributed by atoms with Crippen LogP contribution in [0.4, 0.5) is 16.2 Å². The Morgan fingerprint density at radius 1 is 0.846 bits per heavy atom. The van der Waals surface area contributed by atoms with Crippen LogP contribution in [0.25, 0.3) is 11.8 Å². The summed E-state index contributed by atoms with van der Waals surface area (Å²) in [7, 11) is 0. The summed E-state index contributed by atoms with van der Waals surface area (Å²) in [4.78, 5) is 51.5. The first kappa shape index (κ1) is 25.7. The third-order valence-corrected chi connectivity index (χ3v) is 7.28. The fraction of sp³-hybridized carbons (Fsp3) is 0.0690. The Labute approximate surface area is 227 Å². The van der Waals surface area contributed by atoms with E-state index >= 15 is 0 Å². The number of para-hydroxylation sites is 1. The van der Waals surface area contributed by atoms with Gasteiger partial charge in [0.1, 0.15) is 5.57 Å². The van der Waals surface area contributed by atoms with Crippen LogP contribution in [0.3, 0.4) is 0 Å². The zero-order valence-electron chi connectivity index (χ0n) is 21.0. The number of hydrogen-bond donors (Lipinski definition) is 1. The van der Waals surface area contributed by atoms with Crippen LogP contribution in [0, 0.1) is 24.0 Å². The number of imide groups is 2. The van der Waals surface area contributed by atoms with Crippen molar-refractivity contribution in [2.24, 2.45) is 0 Å². The predicted octanol–water partition coefficient (Wildman–Crippen LogP) is 5.82. The summed E-state index contributed by atoms with van der Waals surface area (Å²) in [5.41, 5.74) is 3.57. The van der Waals surface area contributed by atoms with Crippen LogP contribution in [0.15, 0.2) is 100 Å². The maximum absolute atomic E-state index is 13.2. The Balaban J connectivity index is 1.41. The summed E-state index contributed by atoms with van der Waals surface area (Å²) in [6.07, 6.45) is 1.51. The van der Waals surface area contributed by atoms with Gasteiger partial charge in [-0.25, -0.2) is 9.69 Å². The van der Waals surface area contributed by atoms with Gasteiger partial charge in [-0.05, 0) is 80.1 Å². The predicted molar refractivity (Wildman–Crippen MR) is 148 cm³/mol. The summed E-state index contributed by atoms with van der Waals surface area (Å²) in [5, 5.41) is 13.1. The Morgan fingerprint density at radius 3 is 2.08 bits per heavy atom. The number of urea groups is 1. The second kappa shape index (κ2) is 10.4. The van der Waals surface area contributed by atoms with Crippen molar-refractivity contribution < 1.29 is 19.3 Å². The topological polar surface area (TPSA) is 115 Å². The molecular formula is C29H22N4O5S. The molecule has 0 atom stereocenters. The van der Waals surface area contributed by atoms with Crippen molar-refractivity contribution in [2.75, 3.05) is 4.90 Å². The van der Waals surface area contributed by atoms with Crippen LogP contribution in [0.1, 0.15) is 17.0 Å². The molecule has 2 heterocycles. The normalized spacial score (nSPS) is 14.6. The van der Waals surface area contributed by atoms with E-state index in [4.69, 9.17) is 0 Å². The lowest BCUT2D eigenvalue weighted by atomic mass is 10.1. The van der Waals surface area contributed by atoms with E-state index in [1.807, 2.05) is 48.7 Å². The minimum absolute atomic E-state index is 0.0470. The van der Waals surface area contributed by atoms with Crippen molar-refractivity contribution in [1.82, 2.24) is 9.88 Å². The van der Waals surface area contributed by atoms with Gasteiger partial charge in [-0.1, -0.05) is 30.0 Å². The molecule has 0 bridgehead atoms. The van der Waals surface area contributed by atoms with Crippen LogP contribution in [-0.4, -0.2) is 27.3 Å². The lowest BCUT2D eigenvalue weighted by molar-refractivity contribution is -0.384. The second-order valence-corrected chi connectivity index (χ2v) is 9.95. The highest BCUT2D eigenvalue weighted by atomic mass is 32.2. The third-order valence-electron chi connectivity index (χ3n) is 6.26. The molecule has 1 N–H and O–H groups in total. The number of nitrogens with zero attached hydrogens (tertiary/aromatic N) is 3. The van der Waals surface area contributed by atoms with Gasteiger partial charge in [-0.15, -0.1) is 0 Å². The molecule has 0 aliphatic carbocycles. The Morgan fingerprint density at radius 2 is 1.46 bits per heavy atom. The fourth-order valence-electron chi connectivity index (χ4n) is 4.39. The largest absolute Gasteiger partial charge is 0.335 e. The van der Waals surface area contributed by atoms with Crippen LogP contribution in [0.5, 0.6) is 0 Å². The zero-order valence-corrected chi connectivity index (χ0v) is 21.8. The molecule has 5 rings (SSSR count). The highest BCUT2D eigenvalue weighted by Crippen LogP contribution is 2.31. The van der Waals surface area contributed by atoms with Gasteiger partial charge in [0, 0.05) is 39.0 Å². The lowest BCUT2D eigenvalue weighted by Crippen LogP contribution is -2.54. The maximum atomic E-state index is 13.2. The average Bonchev–Trinajstić information content (AvgIpc) is 3.20. The van der Waals surface area contributed by atoms with Gasteiger partial charge in [0.25, 0.3) is 17.5 Å². The van der Waals surface area contributed by atoms with E-state index in [2.05, 4.69) is 5.32 Å². The Hall–Kier alpha value is -4.96. The molecule has 10 heteroatoms. The van der Waals surface area contributed by atoms with Crippen LogP contribution in [0.2, 0.25) is 0 Å². The number of aryl methyl sites for hydroxylation is 1. The Kier molecular flexibility index (Phi) is 6.86. The summed E-state index contributed by atoms with van der Waals surface area (Å²) in [5.74, 6) is -1.43. The zero-order chi connectivity index (χ0) is 27.7. The number of aromatic nitrogens is 1. The molecule has 1 saturated heterocycles. The van der Waals surface area contributed by atoms with E-state index in [-0.39, 0.29) is 11.3 Å². The van der Waals surface area contributed by atoms with Crippen molar-refractivity contribution in [3.05, 3.63) is 118 Å². The van der Waals surface area contributed by atoms with E-state index in [0.717, 1.165) is 31.8 Å². The molecular weight excluding hydrogens is 516 g/mol. The molecule has 4 aromatic rings. The molecule has 39 heavy (non-hydrogen) atoms. The number of rotatable bonds is 6. The highest BCUT2D eigenvalue weighted by Gasteiger charge is 2.37. The first-order chi connectivity index (χ1) is 18.7. The highest BCUT2D eigenvalue weighted by molar-refractivity contribution is 7.99. The molecule has 4 amide bonds. The number of amides is 4. The second-order valence-electron chi connectivity index (χ2n) is 8.80. The van der Waals surface area contributed by atoms with Gasteiger partial charge in [0.15, 0.2) is 0 Å². The van der Waals surface area contributed by atoms with Crippen molar-refractivity contribution in [3.63, 3.8) is 0 Å². The molecule has 0 spiro atoms. The van der Waals surface area contributed by atoms with Gasteiger partial charge in [-0.2, -0.15) is 0 Å². The van der Waals surface area contributed by atoms with E-state index in [9.17, 15) is 24.5 Å². The third kappa shape index (κ3) is 5.10. The molecule has 1 fully saturated rings. The molecule has 0 saturated carbocycles. The number of carbonyl (C=O) groups is 3. The molecule has 1 aliphatic rings. The monoisotopic (exact) mass is 538 g/mol. The number of nitrogens with one attached hydrogen (secondary N) is 1. The number of hydrogen-bond acceptors (Lipinski definition) is 6. The van der Waals surface area contributed by atoms with Crippen molar-refractivity contribution in [3.8, 4) is 5.69 Å². The van der Waals surface area contributed by atoms with Crippen LogP contribution in [-0.2, 0) is 9.59 Å². The van der Waals surface area contributed by atoms with E-state index < -0.39 is 22.8 Å². The molecule has 9 nitrogen and oxygen atoms in total. The summed E-state index contributed by atoms with van der Waals surface area (Å²) < 4.78 is 2.01. The van der Waals surface area contributed by atoms with Crippen molar-refractivity contribution in [2.45, 2.75) is 23.6 Å². The standard InChI is InChI=1S/C29H22N4O5S/c1-18-16-20(17-26-27(34)30-29(36)32(28(26)35)21-6-4-3-5-7-21)19(2)31(18)22-8-12-24(13-9-22)39-25-14-10-23(11-15-25)33(37)38/h3-17H,1-2H3,(H,30,34,36)/b26-17+. The van der Waals surface area contributed by atoms with Gasteiger partial charge >= 0.3 is 6.03 Å². The first-order valence-electron chi connectivity index (χ1n) is 11.9. The first-order valence-corrected chi connectivity index (χ1v) is 12.7.